The molecule has 1 N–H and O–H groups in total. The summed E-state index contributed by atoms with van der Waals surface area (Å²) in [6.45, 7) is 2.60. The zero-order chi connectivity index (χ0) is 12.1. The van der Waals surface area contributed by atoms with Gasteiger partial charge in [-0.3, -0.25) is 4.68 Å². The highest BCUT2D eigenvalue weighted by Gasteiger charge is 1.97. The highest BCUT2D eigenvalue weighted by atomic mass is 16.2. The summed E-state index contributed by atoms with van der Waals surface area (Å²) < 4.78 is 1.90. The van der Waals surface area contributed by atoms with Crippen molar-refractivity contribution < 1.29 is 5.11 Å². The molecule has 17 heavy (non-hydrogen) atoms. The molecule has 0 atom stereocenters. The molecule has 0 aliphatic heterocycles. The first kappa shape index (κ1) is 11.4. The van der Waals surface area contributed by atoms with Crippen molar-refractivity contribution in [3.63, 3.8) is 0 Å². The van der Waals surface area contributed by atoms with Crippen molar-refractivity contribution in [2.45, 2.75) is 13.5 Å². The standard InChI is InChI=1S/C14H14N2O/c1-12-7-8-16(15-12)11-14-5-2-4-13(10-14)6-3-9-17/h2,4-5,7-8,10,17H,9,11H2,1H3. The Bertz CT molecular complexity index is 561. The molecule has 0 spiro atoms. The Morgan fingerprint density at radius 2 is 2.24 bits per heavy atom. The normalized spacial score (nSPS) is 9.76. The third kappa shape index (κ3) is 3.20. The van der Waals surface area contributed by atoms with Crippen molar-refractivity contribution in [3.8, 4) is 11.8 Å². The van der Waals surface area contributed by atoms with Gasteiger partial charge in [0.05, 0.1) is 12.2 Å². The summed E-state index contributed by atoms with van der Waals surface area (Å²) in [4.78, 5) is 0. The molecule has 0 aliphatic rings. The van der Waals surface area contributed by atoms with Crippen LogP contribution in [0.5, 0.6) is 0 Å². The molecule has 0 aliphatic carbocycles. The lowest BCUT2D eigenvalue weighted by Crippen LogP contribution is -2.00. The van der Waals surface area contributed by atoms with Crippen molar-refractivity contribution in [3.05, 3.63) is 53.3 Å². The van der Waals surface area contributed by atoms with Crippen LogP contribution < -0.4 is 0 Å². The smallest absolute Gasteiger partial charge is 0.104 e. The molecular weight excluding hydrogens is 212 g/mol. The zero-order valence-electron chi connectivity index (χ0n) is 9.72. The van der Waals surface area contributed by atoms with Gasteiger partial charge < -0.3 is 5.11 Å². The number of aliphatic hydroxyl groups is 1. The first-order valence-electron chi connectivity index (χ1n) is 5.46. The molecular formula is C14H14N2O. The van der Waals surface area contributed by atoms with E-state index in [9.17, 15) is 0 Å². The van der Waals surface area contributed by atoms with Gasteiger partial charge in [-0.1, -0.05) is 24.0 Å². The van der Waals surface area contributed by atoms with Gasteiger partial charge in [-0.05, 0) is 30.7 Å². The van der Waals surface area contributed by atoms with Crippen molar-refractivity contribution in [2.24, 2.45) is 0 Å². The Morgan fingerprint density at radius 1 is 1.35 bits per heavy atom. The molecule has 1 aromatic heterocycles. The first-order chi connectivity index (χ1) is 8.28. The molecule has 2 aromatic rings. The van der Waals surface area contributed by atoms with Gasteiger partial charge in [-0.2, -0.15) is 5.10 Å². The lowest BCUT2D eigenvalue weighted by molar-refractivity contribution is 0.350. The van der Waals surface area contributed by atoms with Crippen LogP contribution in [0.4, 0.5) is 0 Å². The minimum absolute atomic E-state index is 0.109. The van der Waals surface area contributed by atoms with E-state index in [2.05, 4.69) is 16.9 Å². The van der Waals surface area contributed by atoms with Crippen LogP contribution >= 0.6 is 0 Å². The molecule has 2 rings (SSSR count). The Morgan fingerprint density at radius 3 is 2.94 bits per heavy atom. The van der Waals surface area contributed by atoms with E-state index in [1.807, 2.05) is 48.1 Å². The molecule has 0 bridgehead atoms. The lowest BCUT2D eigenvalue weighted by atomic mass is 10.1. The van der Waals surface area contributed by atoms with Gasteiger partial charge in [0.25, 0.3) is 0 Å². The molecule has 1 aromatic carbocycles. The van der Waals surface area contributed by atoms with Crippen molar-refractivity contribution in [1.29, 1.82) is 0 Å². The third-order valence-electron chi connectivity index (χ3n) is 2.36. The van der Waals surface area contributed by atoms with E-state index in [4.69, 9.17) is 5.11 Å². The third-order valence-corrected chi connectivity index (χ3v) is 2.36. The fraction of sp³-hybridized carbons (Fsp3) is 0.214. The van der Waals surface area contributed by atoms with E-state index in [0.717, 1.165) is 23.4 Å². The molecule has 0 saturated carbocycles. The van der Waals surface area contributed by atoms with Gasteiger partial charge >= 0.3 is 0 Å². The average molecular weight is 226 g/mol. The maximum Gasteiger partial charge on any atom is 0.104 e. The molecule has 0 unspecified atom stereocenters. The number of aromatic nitrogens is 2. The minimum atomic E-state index is -0.109. The minimum Gasteiger partial charge on any atom is -0.384 e. The molecule has 1 heterocycles. The van der Waals surface area contributed by atoms with Crippen LogP contribution in [0.25, 0.3) is 0 Å². The summed E-state index contributed by atoms with van der Waals surface area (Å²) in [6, 6.07) is 9.93. The summed E-state index contributed by atoms with van der Waals surface area (Å²) in [7, 11) is 0. The summed E-state index contributed by atoms with van der Waals surface area (Å²) in [5.41, 5.74) is 3.08. The van der Waals surface area contributed by atoms with Gasteiger partial charge in [0.2, 0.25) is 0 Å². The SMILES string of the molecule is Cc1ccn(Cc2cccc(C#CCO)c2)n1. The molecule has 0 saturated heterocycles. The van der Waals surface area contributed by atoms with E-state index in [-0.39, 0.29) is 6.61 Å². The quantitative estimate of drug-likeness (QED) is 0.790. The molecule has 3 heteroatoms. The summed E-state index contributed by atoms with van der Waals surface area (Å²) in [5.74, 6) is 5.54. The van der Waals surface area contributed by atoms with Crippen molar-refractivity contribution in [2.75, 3.05) is 6.61 Å². The number of benzene rings is 1. The summed E-state index contributed by atoms with van der Waals surface area (Å²) in [5, 5.41) is 13.0. The van der Waals surface area contributed by atoms with E-state index in [1.54, 1.807) is 0 Å². The summed E-state index contributed by atoms with van der Waals surface area (Å²) in [6.07, 6.45) is 1.96. The van der Waals surface area contributed by atoms with Crippen molar-refractivity contribution >= 4 is 0 Å². The fourth-order valence-electron chi connectivity index (χ4n) is 1.63. The number of aliphatic hydroxyl groups excluding tert-OH is 1. The largest absolute Gasteiger partial charge is 0.384 e. The topological polar surface area (TPSA) is 38.0 Å². The molecule has 0 radical (unpaired) electrons. The monoisotopic (exact) mass is 226 g/mol. The van der Waals surface area contributed by atoms with Crippen molar-refractivity contribution in [1.82, 2.24) is 9.78 Å². The molecule has 3 nitrogen and oxygen atoms in total. The van der Waals surface area contributed by atoms with Crippen LogP contribution in [-0.2, 0) is 6.54 Å². The van der Waals surface area contributed by atoms with Gasteiger partial charge in [-0.25, -0.2) is 0 Å². The average Bonchev–Trinajstić information content (AvgIpc) is 2.73. The Labute approximate surface area is 101 Å². The van der Waals surface area contributed by atoms with E-state index < -0.39 is 0 Å². The Hall–Kier alpha value is -2.05. The maximum atomic E-state index is 8.65. The summed E-state index contributed by atoms with van der Waals surface area (Å²) >= 11 is 0. The zero-order valence-corrected chi connectivity index (χ0v) is 9.72. The highest BCUT2D eigenvalue weighted by molar-refractivity contribution is 5.37. The van der Waals surface area contributed by atoms with Gasteiger partial charge in [-0.15, -0.1) is 0 Å². The predicted molar refractivity (Wildman–Crippen MR) is 66.5 cm³/mol. The van der Waals surface area contributed by atoms with Crippen LogP contribution in [-0.4, -0.2) is 21.5 Å². The number of aryl methyl sites for hydroxylation is 1. The second-order valence-corrected chi connectivity index (χ2v) is 3.81. The van der Waals surface area contributed by atoms with Crippen LogP contribution in [0.2, 0.25) is 0 Å². The number of hydrogen-bond donors (Lipinski definition) is 1. The van der Waals surface area contributed by atoms with Crippen LogP contribution in [0, 0.1) is 18.8 Å². The van der Waals surface area contributed by atoms with Crippen LogP contribution in [0.1, 0.15) is 16.8 Å². The van der Waals surface area contributed by atoms with Gasteiger partial charge in [0.1, 0.15) is 6.61 Å². The highest BCUT2D eigenvalue weighted by Crippen LogP contribution is 2.06. The number of hydrogen-bond acceptors (Lipinski definition) is 2. The molecule has 0 amide bonds. The predicted octanol–water partition coefficient (Wildman–Crippen LogP) is 1.58. The molecule has 86 valence electrons. The Balaban J connectivity index is 2.16. The van der Waals surface area contributed by atoms with E-state index >= 15 is 0 Å². The first-order valence-corrected chi connectivity index (χ1v) is 5.46. The lowest BCUT2D eigenvalue weighted by Gasteiger charge is -2.02. The Kier molecular flexibility index (Phi) is 3.59. The maximum absolute atomic E-state index is 8.65. The van der Waals surface area contributed by atoms with Gasteiger partial charge in [0, 0.05) is 11.8 Å². The number of rotatable bonds is 2. The van der Waals surface area contributed by atoms with Crippen LogP contribution in [0.3, 0.4) is 0 Å². The van der Waals surface area contributed by atoms with Gasteiger partial charge in [0.15, 0.2) is 0 Å². The van der Waals surface area contributed by atoms with E-state index in [0.29, 0.717) is 0 Å². The van der Waals surface area contributed by atoms with E-state index in [1.165, 1.54) is 0 Å². The molecule has 0 fully saturated rings. The second-order valence-electron chi connectivity index (χ2n) is 3.81. The number of nitrogens with zero attached hydrogens (tertiary/aromatic N) is 2. The van der Waals surface area contributed by atoms with Crippen LogP contribution in [0.15, 0.2) is 36.5 Å². The second kappa shape index (κ2) is 5.33. The fourth-order valence-corrected chi connectivity index (χ4v) is 1.63.